The van der Waals surface area contributed by atoms with Gasteiger partial charge in [-0.3, -0.25) is 4.79 Å². The van der Waals surface area contributed by atoms with Gasteiger partial charge in [0.2, 0.25) is 5.91 Å². The SMILES string of the molecule is O=C(Cc1c(F)cccc1Cl)NCCC1CCCNC1. The molecule has 0 bridgehead atoms. The highest BCUT2D eigenvalue weighted by Gasteiger charge is 2.14. The smallest absolute Gasteiger partial charge is 0.224 e. The molecule has 1 fully saturated rings. The van der Waals surface area contributed by atoms with Crippen molar-refractivity contribution in [1.29, 1.82) is 0 Å². The van der Waals surface area contributed by atoms with Gasteiger partial charge in [-0.1, -0.05) is 17.7 Å². The van der Waals surface area contributed by atoms with Gasteiger partial charge in [-0.15, -0.1) is 0 Å². The van der Waals surface area contributed by atoms with Gasteiger partial charge in [-0.2, -0.15) is 0 Å². The van der Waals surface area contributed by atoms with Crippen LogP contribution in [0.1, 0.15) is 24.8 Å². The first-order valence-corrected chi connectivity index (χ1v) is 7.45. The number of carbonyl (C=O) groups is 1. The molecule has 20 heavy (non-hydrogen) atoms. The van der Waals surface area contributed by atoms with Crippen molar-refractivity contribution in [2.45, 2.75) is 25.7 Å². The summed E-state index contributed by atoms with van der Waals surface area (Å²) >= 11 is 5.90. The van der Waals surface area contributed by atoms with Crippen molar-refractivity contribution in [3.05, 3.63) is 34.6 Å². The Labute approximate surface area is 123 Å². The number of piperidine rings is 1. The van der Waals surface area contributed by atoms with E-state index in [-0.39, 0.29) is 17.9 Å². The minimum absolute atomic E-state index is 0.00553. The standard InChI is InChI=1S/C15H20ClFN2O/c16-13-4-1-5-14(17)12(13)9-15(20)19-8-6-11-3-2-7-18-10-11/h1,4-5,11,18H,2-3,6-10H2,(H,19,20). The molecular weight excluding hydrogens is 279 g/mol. The van der Waals surface area contributed by atoms with E-state index in [1.54, 1.807) is 6.07 Å². The highest BCUT2D eigenvalue weighted by Crippen LogP contribution is 2.19. The summed E-state index contributed by atoms with van der Waals surface area (Å²) in [6.45, 7) is 2.75. The second kappa shape index (κ2) is 7.60. The molecular formula is C15H20ClFN2O. The Hall–Kier alpha value is -1.13. The van der Waals surface area contributed by atoms with E-state index in [4.69, 9.17) is 11.6 Å². The molecule has 110 valence electrons. The number of carbonyl (C=O) groups excluding carboxylic acids is 1. The molecule has 1 aliphatic heterocycles. The zero-order valence-corrected chi connectivity index (χ0v) is 12.2. The fraction of sp³-hybridized carbons (Fsp3) is 0.533. The summed E-state index contributed by atoms with van der Waals surface area (Å²) in [5, 5.41) is 6.49. The Morgan fingerprint density at radius 2 is 2.35 bits per heavy atom. The Balaban J connectivity index is 1.75. The second-order valence-corrected chi connectivity index (χ2v) is 5.64. The van der Waals surface area contributed by atoms with Crippen LogP contribution < -0.4 is 10.6 Å². The summed E-state index contributed by atoms with van der Waals surface area (Å²) in [7, 11) is 0. The van der Waals surface area contributed by atoms with Crippen molar-refractivity contribution in [2.75, 3.05) is 19.6 Å². The third-order valence-corrected chi connectivity index (χ3v) is 4.03. The monoisotopic (exact) mass is 298 g/mol. The molecule has 1 heterocycles. The van der Waals surface area contributed by atoms with E-state index in [0.717, 1.165) is 19.5 Å². The molecule has 1 aliphatic rings. The van der Waals surface area contributed by atoms with Crippen LogP contribution in [0.15, 0.2) is 18.2 Å². The number of nitrogens with one attached hydrogen (secondary N) is 2. The maximum atomic E-state index is 13.6. The van der Waals surface area contributed by atoms with E-state index in [1.807, 2.05) is 0 Å². The van der Waals surface area contributed by atoms with E-state index >= 15 is 0 Å². The normalized spacial score (nSPS) is 18.8. The van der Waals surface area contributed by atoms with Crippen molar-refractivity contribution >= 4 is 17.5 Å². The van der Waals surface area contributed by atoms with Crippen LogP contribution in [0.3, 0.4) is 0 Å². The zero-order valence-electron chi connectivity index (χ0n) is 11.4. The topological polar surface area (TPSA) is 41.1 Å². The molecule has 0 aliphatic carbocycles. The Kier molecular flexibility index (Phi) is 5.80. The Bertz CT molecular complexity index is 441. The van der Waals surface area contributed by atoms with Gasteiger partial charge in [0.15, 0.2) is 0 Å². The van der Waals surface area contributed by atoms with E-state index < -0.39 is 5.82 Å². The molecule has 1 atom stereocenters. The number of benzene rings is 1. The lowest BCUT2D eigenvalue weighted by atomic mass is 9.96. The third-order valence-electron chi connectivity index (χ3n) is 3.67. The molecule has 1 aromatic rings. The van der Waals surface area contributed by atoms with Crippen LogP contribution in [0.4, 0.5) is 4.39 Å². The summed E-state index contributed by atoms with van der Waals surface area (Å²) in [6.07, 6.45) is 3.36. The summed E-state index contributed by atoms with van der Waals surface area (Å²) in [5.41, 5.74) is 0.269. The second-order valence-electron chi connectivity index (χ2n) is 5.23. The molecule has 1 amide bonds. The summed E-state index contributed by atoms with van der Waals surface area (Å²) in [4.78, 5) is 11.8. The minimum Gasteiger partial charge on any atom is -0.356 e. The lowest BCUT2D eigenvalue weighted by molar-refractivity contribution is -0.120. The first kappa shape index (κ1) is 15.3. The van der Waals surface area contributed by atoms with Gasteiger partial charge < -0.3 is 10.6 Å². The number of halogens is 2. The van der Waals surface area contributed by atoms with Gasteiger partial charge in [0.25, 0.3) is 0 Å². The predicted molar refractivity (Wildman–Crippen MR) is 78.3 cm³/mol. The molecule has 0 aromatic heterocycles. The van der Waals surface area contributed by atoms with Crippen LogP contribution in [0, 0.1) is 11.7 Å². The Morgan fingerprint density at radius 1 is 1.50 bits per heavy atom. The predicted octanol–water partition coefficient (Wildman–Crippen LogP) is 2.53. The van der Waals surface area contributed by atoms with Crippen LogP contribution in [0.5, 0.6) is 0 Å². The summed E-state index contributed by atoms with van der Waals surface area (Å²) in [6, 6.07) is 4.46. The van der Waals surface area contributed by atoms with E-state index in [1.165, 1.54) is 25.0 Å². The molecule has 0 saturated carbocycles. The van der Waals surface area contributed by atoms with Gasteiger partial charge in [-0.25, -0.2) is 4.39 Å². The van der Waals surface area contributed by atoms with Crippen molar-refractivity contribution in [3.8, 4) is 0 Å². The van der Waals surface area contributed by atoms with Gasteiger partial charge in [0, 0.05) is 17.1 Å². The molecule has 1 unspecified atom stereocenters. The Morgan fingerprint density at radius 3 is 3.05 bits per heavy atom. The van der Waals surface area contributed by atoms with E-state index in [2.05, 4.69) is 10.6 Å². The molecule has 0 radical (unpaired) electrons. The average molecular weight is 299 g/mol. The fourth-order valence-corrected chi connectivity index (χ4v) is 2.74. The van der Waals surface area contributed by atoms with Crippen LogP contribution in [-0.2, 0) is 11.2 Å². The molecule has 2 N–H and O–H groups in total. The quantitative estimate of drug-likeness (QED) is 0.877. The number of amides is 1. The van der Waals surface area contributed by atoms with Crippen molar-refractivity contribution in [1.82, 2.24) is 10.6 Å². The van der Waals surface area contributed by atoms with Gasteiger partial charge in [-0.05, 0) is 50.4 Å². The van der Waals surface area contributed by atoms with Gasteiger partial charge in [0.05, 0.1) is 6.42 Å². The highest BCUT2D eigenvalue weighted by molar-refractivity contribution is 6.31. The molecule has 5 heteroatoms. The van der Waals surface area contributed by atoms with Crippen LogP contribution >= 0.6 is 11.6 Å². The van der Waals surface area contributed by atoms with Crippen LogP contribution in [0.2, 0.25) is 5.02 Å². The lowest BCUT2D eigenvalue weighted by Gasteiger charge is -2.22. The van der Waals surface area contributed by atoms with Crippen molar-refractivity contribution in [2.24, 2.45) is 5.92 Å². The largest absolute Gasteiger partial charge is 0.356 e. The minimum atomic E-state index is -0.427. The molecule has 3 nitrogen and oxygen atoms in total. The third kappa shape index (κ3) is 4.46. The highest BCUT2D eigenvalue weighted by atomic mass is 35.5. The first-order valence-electron chi connectivity index (χ1n) is 7.07. The van der Waals surface area contributed by atoms with Crippen molar-refractivity contribution in [3.63, 3.8) is 0 Å². The van der Waals surface area contributed by atoms with Gasteiger partial charge >= 0.3 is 0 Å². The van der Waals surface area contributed by atoms with E-state index in [9.17, 15) is 9.18 Å². The molecule has 2 rings (SSSR count). The number of rotatable bonds is 5. The zero-order chi connectivity index (χ0) is 14.4. The molecule has 1 saturated heterocycles. The molecule has 0 spiro atoms. The molecule has 1 aromatic carbocycles. The first-order chi connectivity index (χ1) is 9.66. The van der Waals surface area contributed by atoms with Gasteiger partial charge in [0.1, 0.15) is 5.82 Å². The van der Waals surface area contributed by atoms with Crippen molar-refractivity contribution < 1.29 is 9.18 Å². The number of hydrogen-bond donors (Lipinski definition) is 2. The number of hydrogen-bond acceptors (Lipinski definition) is 2. The lowest BCUT2D eigenvalue weighted by Crippen LogP contribution is -2.33. The maximum absolute atomic E-state index is 13.6. The summed E-state index contributed by atoms with van der Waals surface area (Å²) < 4.78 is 13.6. The maximum Gasteiger partial charge on any atom is 0.224 e. The van der Waals surface area contributed by atoms with E-state index in [0.29, 0.717) is 17.5 Å². The van der Waals surface area contributed by atoms with Crippen LogP contribution in [0.25, 0.3) is 0 Å². The fourth-order valence-electron chi connectivity index (χ4n) is 2.51. The van der Waals surface area contributed by atoms with Crippen LogP contribution in [-0.4, -0.2) is 25.5 Å². The average Bonchev–Trinajstić information content (AvgIpc) is 2.44. The summed E-state index contributed by atoms with van der Waals surface area (Å²) in [5.74, 6) is 0.0194.